The first-order valence-electron chi connectivity index (χ1n) is 6.41. The SMILES string of the molecule is O=C(N[C@@H]1CCC[C@H]1O)c1c[nH]c2cc(F)ccc12. The number of aromatic amines is 1. The second kappa shape index (κ2) is 4.66. The second-order valence-electron chi connectivity index (χ2n) is 4.97. The van der Waals surface area contributed by atoms with Gasteiger partial charge in [-0.2, -0.15) is 0 Å². The molecule has 1 aromatic carbocycles. The quantitative estimate of drug-likeness (QED) is 0.774. The highest BCUT2D eigenvalue weighted by atomic mass is 19.1. The van der Waals surface area contributed by atoms with Crippen LogP contribution in [0.15, 0.2) is 24.4 Å². The van der Waals surface area contributed by atoms with E-state index in [1.165, 1.54) is 12.1 Å². The molecular formula is C14H15FN2O2. The molecule has 1 amide bonds. The number of rotatable bonds is 2. The molecule has 1 aliphatic rings. The van der Waals surface area contributed by atoms with E-state index in [9.17, 15) is 14.3 Å². The van der Waals surface area contributed by atoms with E-state index in [2.05, 4.69) is 10.3 Å². The van der Waals surface area contributed by atoms with Gasteiger partial charge in [0, 0.05) is 17.1 Å². The Kier molecular flexibility index (Phi) is 2.98. The fourth-order valence-corrected chi connectivity index (χ4v) is 2.64. The van der Waals surface area contributed by atoms with Crippen LogP contribution in [0.4, 0.5) is 4.39 Å². The number of halogens is 1. The van der Waals surface area contributed by atoms with Gasteiger partial charge in [0.25, 0.3) is 5.91 Å². The highest BCUT2D eigenvalue weighted by Crippen LogP contribution is 2.22. The van der Waals surface area contributed by atoms with Crippen LogP contribution in [0, 0.1) is 5.82 Å². The van der Waals surface area contributed by atoms with Gasteiger partial charge in [-0.1, -0.05) is 0 Å². The maximum atomic E-state index is 13.1. The van der Waals surface area contributed by atoms with Crippen molar-refractivity contribution in [3.63, 3.8) is 0 Å². The minimum Gasteiger partial charge on any atom is -0.391 e. The van der Waals surface area contributed by atoms with Crippen molar-refractivity contribution in [1.29, 1.82) is 0 Å². The molecule has 3 rings (SSSR count). The number of aromatic nitrogens is 1. The zero-order valence-electron chi connectivity index (χ0n) is 10.3. The third-order valence-electron chi connectivity index (χ3n) is 3.68. The smallest absolute Gasteiger partial charge is 0.253 e. The van der Waals surface area contributed by atoms with Crippen molar-refractivity contribution < 1.29 is 14.3 Å². The van der Waals surface area contributed by atoms with Crippen LogP contribution in [0.3, 0.4) is 0 Å². The fourth-order valence-electron chi connectivity index (χ4n) is 2.64. The number of carbonyl (C=O) groups is 1. The Bertz CT molecular complexity index is 623. The molecule has 19 heavy (non-hydrogen) atoms. The van der Waals surface area contributed by atoms with E-state index in [0.717, 1.165) is 19.3 Å². The third-order valence-corrected chi connectivity index (χ3v) is 3.68. The number of aliphatic hydroxyl groups is 1. The van der Waals surface area contributed by atoms with Crippen molar-refractivity contribution in [2.75, 3.05) is 0 Å². The lowest BCUT2D eigenvalue weighted by atomic mass is 10.1. The van der Waals surface area contributed by atoms with Crippen LogP contribution in [0.1, 0.15) is 29.6 Å². The zero-order valence-corrected chi connectivity index (χ0v) is 10.3. The van der Waals surface area contributed by atoms with Crippen molar-refractivity contribution in [1.82, 2.24) is 10.3 Å². The van der Waals surface area contributed by atoms with Crippen molar-refractivity contribution >= 4 is 16.8 Å². The van der Waals surface area contributed by atoms with Crippen LogP contribution in [-0.2, 0) is 0 Å². The molecule has 5 heteroatoms. The molecule has 4 nitrogen and oxygen atoms in total. The molecule has 0 aliphatic heterocycles. The van der Waals surface area contributed by atoms with Gasteiger partial charge >= 0.3 is 0 Å². The van der Waals surface area contributed by atoms with Crippen LogP contribution in [-0.4, -0.2) is 28.1 Å². The van der Waals surface area contributed by atoms with E-state index >= 15 is 0 Å². The fraction of sp³-hybridized carbons (Fsp3) is 0.357. The summed E-state index contributed by atoms with van der Waals surface area (Å²) in [5.41, 5.74) is 1.08. The molecule has 0 radical (unpaired) electrons. The summed E-state index contributed by atoms with van der Waals surface area (Å²) in [7, 11) is 0. The van der Waals surface area contributed by atoms with Crippen molar-refractivity contribution in [2.24, 2.45) is 0 Å². The first-order valence-corrected chi connectivity index (χ1v) is 6.41. The van der Waals surface area contributed by atoms with E-state index in [1.54, 1.807) is 12.3 Å². The van der Waals surface area contributed by atoms with Gasteiger partial charge in [0.15, 0.2) is 0 Å². The Morgan fingerprint density at radius 1 is 1.42 bits per heavy atom. The summed E-state index contributed by atoms with van der Waals surface area (Å²) in [4.78, 5) is 15.1. The Labute approximate surface area is 109 Å². The number of amides is 1. The first kappa shape index (κ1) is 12.2. The highest BCUT2D eigenvalue weighted by molar-refractivity contribution is 6.06. The molecular weight excluding hydrogens is 247 g/mol. The Morgan fingerprint density at radius 3 is 3.00 bits per heavy atom. The standard InChI is InChI=1S/C14H15FN2O2/c15-8-4-5-9-10(7-16-12(9)6-8)14(19)17-11-2-1-3-13(11)18/h4-7,11,13,16,18H,1-3H2,(H,17,19)/t11-,13-/m1/s1. The summed E-state index contributed by atoms with van der Waals surface area (Å²) in [6.07, 6.45) is 3.55. The minimum absolute atomic E-state index is 0.183. The van der Waals surface area contributed by atoms with Crippen LogP contribution >= 0.6 is 0 Å². The summed E-state index contributed by atoms with van der Waals surface area (Å²) in [5.74, 6) is -0.573. The lowest BCUT2D eigenvalue weighted by Gasteiger charge is -2.15. The molecule has 1 aromatic heterocycles. The van der Waals surface area contributed by atoms with Crippen molar-refractivity contribution in [2.45, 2.75) is 31.4 Å². The van der Waals surface area contributed by atoms with Gasteiger partial charge < -0.3 is 15.4 Å². The van der Waals surface area contributed by atoms with Gasteiger partial charge in [0.2, 0.25) is 0 Å². The predicted molar refractivity (Wildman–Crippen MR) is 69.4 cm³/mol. The molecule has 2 atom stereocenters. The van der Waals surface area contributed by atoms with Gasteiger partial charge in [-0.15, -0.1) is 0 Å². The Hall–Kier alpha value is -1.88. The normalized spacial score (nSPS) is 22.8. The molecule has 0 bridgehead atoms. The summed E-state index contributed by atoms with van der Waals surface area (Å²) in [6, 6.07) is 4.09. The number of aliphatic hydroxyl groups excluding tert-OH is 1. The topological polar surface area (TPSA) is 65.1 Å². The van der Waals surface area contributed by atoms with Gasteiger partial charge in [-0.3, -0.25) is 4.79 Å². The Morgan fingerprint density at radius 2 is 2.26 bits per heavy atom. The molecule has 2 aromatic rings. The number of H-pyrrole nitrogens is 1. The average Bonchev–Trinajstić information content (AvgIpc) is 2.96. The molecule has 1 fully saturated rings. The number of benzene rings is 1. The van der Waals surface area contributed by atoms with Crippen LogP contribution in [0.5, 0.6) is 0 Å². The number of hydrogen-bond acceptors (Lipinski definition) is 2. The molecule has 3 N–H and O–H groups in total. The molecule has 100 valence electrons. The summed E-state index contributed by atoms with van der Waals surface area (Å²) >= 11 is 0. The average molecular weight is 262 g/mol. The number of carbonyl (C=O) groups excluding carboxylic acids is 1. The van der Waals surface area contributed by atoms with E-state index < -0.39 is 6.10 Å². The maximum absolute atomic E-state index is 13.1. The van der Waals surface area contributed by atoms with E-state index in [0.29, 0.717) is 16.5 Å². The molecule has 1 heterocycles. The predicted octanol–water partition coefficient (Wildman–Crippen LogP) is 1.95. The maximum Gasteiger partial charge on any atom is 0.253 e. The van der Waals surface area contributed by atoms with Gasteiger partial charge in [-0.05, 0) is 37.5 Å². The molecule has 1 aliphatic carbocycles. The molecule has 0 spiro atoms. The van der Waals surface area contributed by atoms with E-state index in [1.807, 2.05) is 0 Å². The number of hydrogen-bond donors (Lipinski definition) is 3. The lowest BCUT2D eigenvalue weighted by Crippen LogP contribution is -2.39. The van der Waals surface area contributed by atoms with Gasteiger partial charge in [0.1, 0.15) is 5.82 Å². The monoisotopic (exact) mass is 262 g/mol. The summed E-state index contributed by atoms with van der Waals surface area (Å²) in [5, 5.41) is 13.2. The first-order chi connectivity index (χ1) is 9.15. The minimum atomic E-state index is -0.466. The van der Waals surface area contributed by atoms with Crippen LogP contribution in [0.25, 0.3) is 10.9 Å². The second-order valence-corrected chi connectivity index (χ2v) is 4.97. The van der Waals surface area contributed by atoms with Gasteiger partial charge in [-0.25, -0.2) is 4.39 Å². The van der Waals surface area contributed by atoms with Crippen molar-refractivity contribution in [3.05, 3.63) is 35.8 Å². The summed E-state index contributed by atoms with van der Waals surface area (Å²) in [6.45, 7) is 0. The van der Waals surface area contributed by atoms with E-state index in [4.69, 9.17) is 0 Å². The summed E-state index contributed by atoms with van der Waals surface area (Å²) < 4.78 is 13.1. The molecule has 1 saturated carbocycles. The zero-order chi connectivity index (χ0) is 13.4. The van der Waals surface area contributed by atoms with Crippen molar-refractivity contribution in [3.8, 4) is 0 Å². The van der Waals surface area contributed by atoms with Gasteiger partial charge in [0.05, 0.1) is 17.7 Å². The lowest BCUT2D eigenvalue weighted by molar-refractivity contribution is 0.0875. The Balaban J connectivity index is 1.85. The number of fused-ring (bicyclic) bond motifs is 1. The molecule has 0 saturated heterocycles. The highest BCUT2D eigenvalue weighted by Gasteiger charge is 2.27. The number of nitrogens with one attached hydrogen (secondary N) is 2. The largest absolute Gasteiger partial charge is 0.391 e. The van der Waals surface area contributed by atoms with Crippen LogP contribution in [0.2, 0.25) is 0 Å². The van der Waals surface area contributed by atoms with E-state index in [-0.39, 0.29) is 17.8 Å². The third kappa shape index (κ3) is 2.21. The molecule has 0 unspecified atom stereocenters. The van der Waals surface area contributed by atoms with Crippen LogP contribution < -0.4 is 5.32 Å².